The van der Waals surface area contributed by atoms with Gasteiger partial charge in [-0.2, -0.15) is 0 Å². The van der Waals surface area contributed by atoms with Gasteiger partial charge in [0.25, 0.3) is 0 Å². The van der Waals surface area contributed by atoms with E-state index in [4.69, 9.17) is 9.47 Å². The fourth-order valence-corrected chi connectivity index (χ4v) is 1.50. The van der Waals surface area contributed by atoms with Crippen LogP contribution in [0.15, 0.2) is 24.3 Å². The van der Waals surface area contributed by atoms with Crippen molar-refractivity contribution in [2.75, 3.05) is 14.2 Å². The van der Waals surface area contributed by atoms with Crippen molar-refractivity contribution in [2.24, 2.45) is 0 Å². The van der Waals surface area contributed by atoms with Crippen molar-refractivity contribution in [3.8, 4) is 11.5 Å². The number of ether oxygens (including phenoxy) is 2. The summed E-state index contributed by atoms with van der Waals surface area (Å²) in [7, 11) is 3.21. The van der Waals surface area contributed by atoms with E-state index in [1.165, 1.54) is 6.92 Å². The minimum atomic E-state index is 0.0161. The molecule has 0 aliphatic heterocycles. The number of allylic oxidation sites excluding steroid dienone is 2. The van der Waals surface area contributed by atoms with E-state index in [0.717, 1.165) is 22.6 Å². The van der Waals surface area contributed by atoms with E-state index in [1.807, 2.05) is 25.1 Å². The molecular formula is C13H16O3. The number of rotatable bonds is 4. The Morgan fingerprint density at radius 2 is 1.88 bits per heavy atom. The van der Waals surface area contributed by atoms with Crippen molar-refractivity contribution in [1.82, 2.24) is 0 Å². The van der Waals surface area contributed by atoms with Crippen molar-refractivity contribution >= 4 is 11.4 Å². The molecule has 0 atom stereocenters. The maximum Gasteiger partial charge on any atom is 0.152 e. The maximum absolute atomic E-state index is 11.0. The van der Waals surface area contributed by atoms with Crippen LogP contribution in [0.3, 0.4) is 0 Å². The van der Waals surface area contributed by atoms with Gasteiger partial charge < -0.3 is 9.47 Å². The first kappa shape index (κ1) is 12.3. The second kappa shape index (κ2) is 5.35. The molecule has 0 N–H and O–H groups in total. The van der Waals surface area contributed by atoms with Crippen LogP contribution in [-0.4, -0.2) is 20.0 Å². The lowest BCUT2D eigenvalue weighted by atomic mass is 10.0. The lowest BCUT2D eigenvalue weighted by Crippen LogP contribution is -1.93. The van der Waals surface area contributed by atoms with E-state index in [9.17, 15) is 4.79 Å². The molecule has 0 aromatic heterocycles. The second-order valence-electron chi connectivity index (χ2n) is 3.50. The molecule has 0 saturated heterocycles. The molecule has 0 fully saturated rings. The molecule has 0 amide bonds. The summed E-state index contributed by atoms with van der Waals surface area (Å²) < 4.78 is 10.4. The van der Waals surface area contributed by atoms with Crippen molar-refractivity contribution in [3.63, 3.8) is 0 Å². The van der Waals surface area contributed by atoms with E-state index in [0.29, 0.717) is 0 Å². The molecule has 0 unspecified atom stereocenters. The summed E-state index contributed by atoms with van der Waals surface area (Å²) in [6, 6.07) is 5.50. The minimum Gasteiger partial charge on any atom is -0.497 e. The lowest BCUT2D eigenvalue weighted by Gasteiger charge is -2.10. The SMILES string of the molecule is COc1ccc(OC)c(/C(C)=C/C(C)=O)c1. The highest BCUT2D eigenvalue weighted by Gasteiger charge is 2.07. The maximum atomic E-state index is 11.0. The fraction of sp³-hybridized carbons (Fsp3) is 0.308. The number of ketones is 1. The molecule has 0 bridgehead atoms. The second-order valence-corrected chi connectivity index (χ2v) is 3.50. The molecule has 0 saturated carbocycles. The molecule has 0 aliphatic carbocycles. The minimum absolute atomic E-state index is 0.0161. The largest absolute Gasteiger partial charge is 0.497 e. The first-order chi connectivity index (χ1) is 7.58. The van der Waals surface area contributed by atoms with Crippen LogP contribution in [0.5, 0.6) is 11.5 Å². The molecule has 16 heavy (non-hydrogen) atoms. The Morgan fingerprint density at radius 1 is 1.19 bits per heavy atom. The number of hydrogen-bond acceptors (Lipinski definition) is 3. The van der Waals surface area contributed by atoms with Crippen molar-refractivity contribution in [2.45, 2.75) is 13.8 Å². The molecule has 3 nitrogen and oxygen atoms in total. The number of carbonyl (C=O) groups excluding carboxylic acids is 1. The van der Waals surface area contributed by atoms with Crippen LogP contribution >= 0.6 is 0 Å². The van der Waals surface area contributed by atoms with Gasteiger partial charge in [-0.05, 0) is 43.7 Å². The summed E-state index contributed by atoms with van der Waals surface area (Å²) in [5.74, 6) is 1.49. The van der Waals surface area contributed by atoms with Gasteiger partial charge in [-0.3, -0.25) is 4.79 Å². The molecule has 0 aliphatic rings. The molecule has 1 aromatic carbocycles. The standard InChI is InChI=1S/C13H16O3/c1-9(7-10(2)14)12-8-11(15-3)5-6-13(12)16-4/h5-8H,1-4H3/b9-7+. The predicted octanol–water partition coefficient (Wildman–Crippen LogP) is 2.70. The molecule has 0 radical (unpaired) electrons. The van der Waals surface area contributed by atoms with Crippen molar-refractivity contribution in [1.29, 1.82) is 0 Å². The Balaban J connectivity index is 3.23. The average Bonchev–Trinajstić information content (AvgIpc) is 2.27. The third kappa shape index (κ3) is 2.86. The monoisotopic (exact) mass is 220 g/mol. The van der Waals surface area contributed by atoms with Gasteiger partial charge in [-0.1, -0.05) is 0 Å². The van der Waals surface area contributed by atoms with Crippen LogP contribution < -0.4 is 9.47 Å². The van der Waals surface area contributed by atoms with E-state index in [2.05, 4.69) is 0 Å². The Hall–Kier alpha value is -1.77. The molecule has 1 rings (SSSR count). The fourth-order valence-electron chi connectivity index (χ4n) is 1.50. The highest BCUT2D eigenvalue weighted by molar-refractivity contribution is 5.95. The van der Waals surface area contributed by atoms with Crippen LogP contribution in [0.2, 0.25) is 0 Å². The van der Waals surface area contributed by atoms with Gasteiger partial charge in [0.05, 0.1) is 14.2 Å². The summed E-state index contributed by atoms with van der Waals surface area (Å²) in [5, 5.41) is 0. The van der Waals surface area contributed by atoms with Crippen molar-refractivity contribution < 1.29 is 14.3 Å². The third-order valence-electron chi connectivity index (χ3n) is 2.25. The highest BCUT2D eigenvalue weighted by Crippen LogP contribution is 2.29. The zero-order valence-corrected chi connectivity index (χ0v) is 10.0. The van der Waals surface area contributed by atoms with Gasteiger partial charge in [0.1, 0.15) is 11.5 Å². The Labute approximate surface area is 95.7 Å². The summed E-state index contributed by atoms with van der Waals surface area (Å²) >= 11 is 0. The molecule has 0 heterocycles. The first-order valence-electron chi connectivity index (χ1n) is 4.99. The van der Waals surface area contributed by atoms with Crippen LogP contribution in [-0.2, 0) is 4.79 Å². The number of hydrogen-bond donors (Lipinski definition) is 0. The third-order valence-corrected chi connectivity index (χ3v) is 2.25. The molecule has 86 valence electrons. The van der Waals surface area contributed by atoms with Crippen molar-refractivity contribution in [3.05, 3.63) is 29.8 Å². The molecule has 3 heteroatoms. The van der Waals surface area contributed by atoms with E-state index < -0.39 is 0 Å². The smallest absolute Gasteiger partial charge is 0.152 e. The summed E-state index contributed by atoms with van der Waals surface area (Å²) in [6.45, 7) is 3.40. The van der Waals surface area contributed by atoms with Gasteiger partial charge in [0, 0.05) is 5.56 Å². The van der Waals surface area contributed by atoms with Crippen LogP contribution in [0, 0.1) is 0 Å². The number of benzene rings is 1. The average molecular weight is 220 g/mol. The van der Waals surface area contributed by atoms with Crippen LogP contribution in [0.1, 0.15) is 19.4 Å². The number of methoxy groups -OCH3 is 2. The zero-order chi connectivity index (χ0) is 12.1. The highest BCUT2D eigenvalue weighted by atomic mass is 16.5. The Kier molecular flexibility index (Phi) is 4.11. The zero-order valence-electron chi connectivity index (χ0n) is 10.0. The van der Waals surface area contributed by atoms with Gasteiger partial charge >= 0.3 is 0 Å². The van der Waals surface area contributed by atoms with Gasteiger partial charge in [0.15, 0.2) is 5.78 Å². The first-order valence-corrected chi connectivity index (χ1v) is 4.99. The van der Waals surface area contributed by atoms with Gasteiger partial charge in [-0.25, -0.2) is 0 Å². The normalized spacial score (nSPS) is 11.1. The van der Waals surface area contributed by atoms with Gasteiger partial charge in [0.2, 0.25) is 0 Å². The van der Waals surface area contributed by atoms with Crippen LogP contribution in [0.25, 0.3) is 5.57 Å². The van der Waals surface area contributed by atoms with E-state index in [1.54, 1.807) is 20.3 Å². The van der Waals surface area contributed by atoms with E-state index >= 15 is 0 Å². The Bertz CT molecular complexity index is 419. The Morgan fingerprint density at radius 3 is 2.38 bits per heavy atom. The van der Waals surface area contributed by atoms with E-state index in [-0.39, 0.29) is 5.78 Å². The quantitative estimate of drug-likeness (QED) is 0.732. The summed E-state index contributed by atoms with van der Waals surface area (Å²) in [5.41, 5.74) is 1.74. The molecular weight excluding hydrogens is 204 g/mol. The predicted molar refractivity (Wildman–Crippen MR) is 63.9 cm³/mol. The van der Waals surface area contributed by atoms with Gasteiger partial charge in [-0.15, -0.1) is 0 Å². The topological polar surface area (TPSA) is 35.5 Å². The lowest BCUT2D eigenvalue weighted by molar-refractivity contribution is -0.112. The number of carbonyl (C=O) groups is 1. The summed E-state index contributed by atoms with van der Waals surface area (Å²) in [4.78, 5) is 11.0. The molecule has 1 aromatic rings. The summed E-state index contributed by atoms with van der Waals surface area (Å²) in [6.07, 6.45) is 1.58. The van der Waals surface area contributed by atoms with Crippen LogP contribution in [0.4, 0.5) is 0 Å². The molecule has 0 spiro atoms.